The Balaban J connectivity index is 1.01. The fourth-order valence-corrected chi connectivity index (χ4v) is 8.50. The molecule has 0 unspecified atom stereocenters. The molecule has 3 nitrogen and oxygen atoms in total. The standard InChI is InChI=1S/C54H36N2O/c1-3-13-37(14-4-1)38-25-29-42(30-26-38)55(45-33-34-49-48-20-8-10-24-52(48)57-53(49)36-45)43-31-27-39(28-32-43)41-17-11-18-44(35-41)56-51-23-9-7-19-47(51)50-22-12-21-46(54(50)56)40-15-5-2-6-16-40/h1-36H. The van der Waals surface area contributed by atoms with Gasteiger partial charge >= 0.3 is 0 Å². The van der Waals surface area contributed by atoms with E-state index in [-0.39, 0.29) is 0 Å². The Kier molecular flexibility index (Phi) is 7.82. The van der Waals surface area contributed by atoms with Crippen molar-refractivity contribution < 1.29 is 4.42 Å². The molecule has 0 aliphatic heterocycles. The molecule has 0 bridgehead atoms. The van der Waals surface area contributed by atoms with Crippen LogP contribution in [0.25, 0.3) is 82.8 Å². The number of anilines is 3. The molecule has 0 atom stereocenters. The summed E-state index contributed by atoms with van der Waals surface area (Å²) in [6.45, 7) is 0. The Labute approximate surface area is 330 Å². The second-order valence-corrected chi connectivity index (χ2v) is 14.5. The van der Waals surface area contributed by atoms with Crippen LogP contribution in [0.3, 0.4) is 0 Å². The largest absolute Gasteiger partial charge is 0.456 e. The van der Waals surface area contributed by atoms with Crippen molar-refractivity contribution >= 4 is 60.8 Å². The third-order valence-corrected chi connectivity index (χ3v) is 11.2. The van der Waals surface area contributed by atoms with E-state index in [2.05, 4.69) is 216 Å². The molecule has 2 aromatic heterocycles. The van der Waals surface area contributed by atoms with E-state index < -0.39 is 0 Å². The van der Waals surface area contributed by atoms with E-state index in [1.165, 1.54) is 44.1 Å². The first-order valence-electron chi connectivity index (χ1n) is 19.4. The van der Waals surface area contributed by atoms with Crippen molar-refractivity contribution in [3.8, 4) is 39.1 Å². The molecule has 0 radical (unpaired) electrons. The molecule has 0 N–H and O–H groups in total. The molecule has 0 saturated heterocycles. The van der Waals surface area contributed by atoms with Crippen LogP contribution in [-0.2, 0) is 0 Å². The van der Waals surface area contributed by atoms with Gasteiger partial charge in [-0.15, -0.1) is 0 Å². The van der Waals surface area contributed by atoms with Crippen LogP contribution < -0.4 is 4.90 Å². The molecule has 11 rings (SSSR count). The monoisotopic (exact) mass is 728 g/mol. The number of aromatic nitrogens is 1. The van der Waals surface area contributed by atoms with Gasteiger partial charge in [0.25, 0.3) is 0 Å². The van der Waals surface area contributed by atoms with Crippen LogP contribution in [0.4, 0.5) is 17.1 Å². The van der Waals surface area contributed by atoms with Crippen molar-refractivity contribution in [2.75, 3.05) is 4.90 Å². The van der Waals surface area contributed by atoms with Gasteiger partial charge in [-0.2, -0.15) is 0 Å². The summed E-state index contributed by atoms with van der Waals surface area (Å²) in [5.74, 6) is 0. The smallest absolute Gasteiger partial charge is 0.137 e. The van der Waals surface area contributed by atoms with Gasteiger partial charge in [0.15, 0.2) is 0 Å². The molecular formula is C54H36N2O. The zero-order valence-electron chi connectivity index (χ0n) is 31.1. The fraction of sp³-hybridized carbons (Fsp3) is 0. The molecule has 0 saturated carbocycles. The lowest BCUT2D eigenvalue weighted by molar-refractivity contribution is 0.669. The molecule has 0 fully saturated rings. The lowest BCUT2D eigenvalue weighted by Crippen LogP contribution is -2.09. The molecule has 268 valence electrons. The second-order valence-electron chi connectivity index (χ2n) is 14.5. The highest BCUT2D eigenvalue weighted by Gasteiger charge is 2.18. The number of rotatable bonds is 7. The Morgan fingerprint density at radius 3 is 1.63 bits per heavy atom. The van der Waals surface area contributed by atoms with Crippen molar-refractivity contribution in [1.82, 2.24) is 4.57 Å². The topological polar surface area (TPSA) is 21.3 Å². The van der Waals surface area contributed by atoms with Gasteiger partial charge in [-0.3, -0.25) is 0 Å². The molecule has 0 spiro atoms. The average molecular weight is 729 g/mol. The van der Waals surface area contributed by atoms with E-state index in [1.54, 1.807) is 0 Å². The molecule has 3 heteroatoms. The number of benzene rings is 9. The minimum Gasteiger partial charge on any atom is -0.456 e. The zero-order chi connectivity index (χ0) is 37.7. The van der Waals surface area contributed by atoms with Crippen LogP contribution in [0, 0.1) is 0 Å². The quantitative estimate of drug-likeness (QED) is 0.163. The van der Waals surface area contributed by atoms with Gasteiger partial charge < -0.3 is 13.9 Å². The predicted molar refractivity (Wildman–Crippen MR) is 239 cm³/mol. The Hall–Kier alpha value is -7.62. The second kappa shape index (κ2) is 13.6. The highest BCUT2D eigenvalue weighted by atomic mass is 16.3. The van der Waals surface area contributed by atoms with Crippen LogP contribution in [0.1, 0.15) is 0 Å². The Morgan fingerprint density at radius 1 is 0.333 bits per heavy atom. The summed E-state index contributed by atoms with van der Waals surface area (Å²) >= 11 is 0. The van der Waals surface area contributed by atoms with Crippen LogP contribution in [0.5, 0.6) is 0 Å². The van der Waals surface area contributed by atoms with Gasteiger partial charge in [0, 0.05) is 55.9 Å². The number of fused-ring (bicyclic) bond motifs is 6. The third-order valence-electron chi connectivity index (χ3n) is 11.2. The van der Waals surface area contributed by atoms with Crippen LogP contribution in [-0.4, -0.2) is 4.57 Å². The van der Waals surface area contributed by atoms with E-state index in [0.717, 1.165) is 55.8 Å². The number of hydrogen-bond donors (Lipinski definition) is 0. The molecule has 0 amide bonds. The number of nitrogens with zero attached hydrogens (tertiary/aromatic N) is 2. The Bertz CT molecular complexity index is 3210. The van der Waals surface area contributed by atoms with Gasteiger partial charge in [0.05, 0.1) is 11.0 Å². The number of hydrogen-bond acceptors (Lipinski definition) is 2. The zero-order valence-corrected chi connectivity index (χ0v) is 31.1. The number of para-hydroxylation sites is 3. The van der Waals surface area contributed by atoms with E-state index in [9.17, 15) is 0 Å². The minimum absolute atomic E-state index is 0.869. The maximum Gasteiger partial charge on any atom is 0.137 e. The van der Waals surface area contributed by atoms with E-state index in [4.69, 9.17) is 4.42 Å². The summed E-state index contributed by atoms with van der Waals surface area (Å²) in [6, 6.07) is 78.1. The summed E-state index contributed by atoms with van der Waals surface area (Å²) in [5.41, 5.74) is 15.6. The third kappa shape index (κ3) is 5.68. The van der Waals surface area contributed by atoms with Gasteiger partial charge in [-0.05, 0) is 88.5 Å². The summed E-state index contributed by atoms with van der Waals surface area (Å²) in [4.78, 5) is 2.31. The SMILES string of the molecule is c1ccc(-c2ccc(N(c3ccc(-c4cccc(-n5c6ccccc6c6cccc(-c7ccccc7)c65)c4)cc3)c3ccc4c(c3)oc3ccccc34)cc2)cc1. The molecule has 9 aromatic carbocycles. The van der Waals surface area contributed by atoms with Gasteiger partial charge in [0.2, 0.25) is 0 Å². The van der Waals surface area contributed by atoms with Crippen LogP contribution in [0.2, 0.25) is 0 Å². The normalized spacial score (nSPS) is 11.5. The van der Waals surface area contributed by atoms with Gasteiger partial charge in [-0.1, -0.05) is 152 Å². The Morgan fingerprint density at radius 2 is 0.877 bits per heavy atom. The fourth-order valence-electron chi connectivity index (χ4n) is 8.50. The molecule has 2 heterocycles. The highest BCUT2D eigenvalue weighted by Crippen LogP contribution is 2.41. The minimum atomic E-state index is 0.869. The van der Waals surface area contributed by atoms with Crippen molar-refractivity contribution in [3.63, 3.8) is 0 Å². The summed E-state index contributed by atoms with van der Waals surface area (Å²) in [6.07, 6.45) is 0. The lowest BCUT2D eigenvalue weighted by atomic mass is 10.0. The molecule has 11 aromatic rings. The number of furan rings is 1. The van der Waals surface area contributed by atoms with E-state index in [0.29, 0.717) is 0 Å². The maximum absolute atomic E-state index is 6.37. The van der Waals surface area contributed by atoms with Crippen molar-refractivity contribution in [1.29, 1.82) is 0 Å². The van der Waals surface area contributed by atoms with Crippen molar-refractivity contribution in [2.24, 2.45) is 0 Å². The first-order valence-corrected chi connectivity index (χ1v) is 19.4. The van der Waals surface area contributed by atoms with Gasteiger partial charge in [0.1, 0.15) is 11.2 Å². The maximum atomic E-state index is 6.37. The molecule has 57 heavy (non-hydrogen) atoms. The van der Waals surface area contributed by atoms with E-state index in [1.807, 2.05) is 12.1 Å². The lowest BCUT2D eigenvalue weighted by Gasteiger charge is -2.26. The highest BCUT2D eigenvalue weighted by molar-refractivity contribution is 6.14. The van der Waals surface area contributed by atoms with Crippen molar-refractivity contribution in [3.05, 3.63) is 218 Å². The van der Waals surface area contributed by atoms with E-state index >= 15 is 0 Å². The average Bonchev–Trinajstić information content (AvgIpc) is 3.83. The molecular weight excluding hydrogens is 693 g/mol. The van der Waals surface area contributed by atoms with Crippen molar-refractivity contribution in [2.45, 2.75) is 0 Å². The summed E-state index contributed by atoms with van der Waals surface area (Å²) in [7, 11) is 0. The van der Waals surface area contributed by atoms with Crippen LogP contribution >= 0.6 is 0 Å². The first kappa shape index (κ1) is 32.8. The first-order chi connectivity index (χ1) is 28.3. The predicted octanol–water partition coefficient (Wildman–Crippen LogP) is 15.2. The van der Waals surface area contributed by atoms with Gasteiger partial charge in [-0.25, -0.2) is 0 Å². The summed E-state index contributed by atoms with van der Waals surface area (Å²) < 4.78 is 8.80. The molecule has 0 aliphatic carbocycles. The van der Waals surface area contributed by atoms with Crippen LogP contribution in [0.15, 0.2) is 223 Å². The summed E-state index contributed by atoms with van der Waals surface area (Å²) in [5, 5.41) is 4.74. The molecule has 0 aliphatic rings.